The Balaban J connectivity index is 2.25. The summed E-state index contributed by atoms with van der Waals surface area (Å²) in [6.45, 7) is 1.43. The van der Waals surface area contributed by atoms with E-state index < -0.39 is 5.75 Å². The van der Waals surface area contributed by atoms with Crippen molar-refractivity contribution >= 4 is 11.8 Å². The van der Waals surface area contributed by atoms with E-state index in [0.29, 0.717) is 12.1 Å². The van der Waals surface area contributed by atoms with Crippen LogP contribution in [0.5, 0.6) is 17.2 Å². The van der Waals surface area contributed by atoms with Crippen molar-refractivity contribution in [3.63, 3.8) is 0 Å². The van der Waals surface area contributed by atoms with Crippen LogP contribution in [0.15, 0.2) is 12.1 Å². The summed E-state index contributed by atoms with van der Waals surface area (Å²) in [7, 11) is 0. The summed E-state index contributed by atoms with van der Waals surface area (Å²) in [4.78, 5) is 0. The maximum Gasteiger partial charge on any atom is 0.200 e. The summed E-state index contributed by atoms with van der Waals surface area (Å²) >= 11 is 1.75. The zero-order valence-corrected chi connectivity index (χ0v) is 10.9. The minimum Gasteiger partial charge on any atom is -0.504 e. The monoisotopic (exact) mass is 273 g/mol. The SMILES string of the molecule is OCCCSCCNCc1ccc(O)c(O)c1O. The van der Waals surface area contributed by atoms with Gasteiger partial charge in [0.05, 0.1) is 0 Å². The molecule has 5 N–H and O–H groups in total. The Hall–Kier alpha value is -1.11. The van der Waals surface area contributed by atoms with E-state index in [-0.39, 0.29) is 18.1 Å². The molecule has 102 valence electrons. The Kier molecular flexibility index (Phi) is 6.70. The predicted octanol–water partition coefficient (Wildman–Crippen LogP) is 1.01. The highest BCUT2D eigenvalue weighted by Gasteiger charge is 2.10. The number of thioether (sulfide) groups is 1. The molecule has 0 saturated heterocycles. The summed E-state index contributed by atoms with van der Waals surface area (Å²) in [5.41, 5.74) is 0.547. The number of benzene rings is 1. The Labute approximate surface area is 110 Å². The van der Waals surface area contributed by atoms with Crippen molar-refractivity contribution < 1.29 is 20.4 Å². The normalized spacial score (nSPS) is 10.7. The van der Waals surface area contributed by atoms with Crippen molar-refractivity contribution in [2.75, 3.05) is 24.7 Å². The lowest BCUT2D eigenvalue weighted by Gasteiger charge is -2.08. The number of hydrogen-bond donors (Lipinski definition) is 5. The third-order valence-corrected chi connectivity index (χ3v) is 3.47. The molecule has 0 aromatic heterocycles. The standard InChI is InChI=1S/C12H19NO4S/c14-5-1-6-18-7-4-13-8-9-2-3-10(15)12(17)11(9)16/h2-3,13-17H,1,4-8H2. The summed E-state index contributed by atoms with van der Waals surface area (Å²) in [6.07, 6.45) is 0.803. The van der Waals surface area contributed by atoms with Crippen molar-refractivity contribution in [1.82, 2.24) is 5.32 Å². The van der Waals surface area contributed by atoms with Crippen LogP contribution in [0, 0.1) is 0 Å². The van der Waals surface area contributed by atoms with Gasteiger partial charge in [-0.2, -0.15) is 11.8 Å². The lowest BCUT2D eigenvalue weighted by molar-refractivity contribution is 0.296. The van der Waals surface area contributed by atoms with Crippen LogP contribution in [-0.4, -0.2) is 45.1 Å². The maximum absolute atomic E-state index is 9.57. The van der Waals surface area contributed by atoms with Gasteiger partial charge in [0.2, 0.25) is 5.75 Å². The molecule has 0 fully saturated rings. The first kappa shape index (κ1) is 14.9. The molecule has 5 nitrogen and oxygen atoms in total. The first-order valence-electron chi connectivity index (χ1n) is 5.79. The minimum absolute atomic E-state index is 0.223. The molecule has 0 unspecified atom stereocenters. The van der Waals surface area contributed by atoms with E-state index in [1.165, 1.54) is 6.07 Å². The molecule has 0 radical (unpaired) electrons. The van der Waals surface area contributed by atoms with Gasteiger partial charge in [-0.1, -0.05) is 6.07 Å². The molecule has 0 aliphatic heterocycles. The zero-order valence-electron chi connectivity index (χ0n) is 10.1. The fourth-order valence-electron chi connectivity index (χ4n) is 1.39. The third kappa shape index (κ3) is 4.64. The quantitative estimate of drug-likeness (QED) is 0.358. The van der Waals surface area contributed by atoms with E-state index in [9.17, 15) is 10.2 Å². The minimum atomic E-state index is -0.480. The molecule has 1 aromatic carbocycles. The molecule has 1 aromatic rings. The van der Waals surface area contributed by atoms with Gasteiger partial charge in [-0.25, -0.2) is 0 Å². The first-order chi connectivity index (χ1) is 8.66. The van der Waals surface area contributed by atoms with Gasteiger partial charge in [0, 0.05) is 31.0 Å². The first-order valence-corrected chi connectivity index (χ1v) is 6.94. The van der Waals surface area contributed by atoms with Gasteiger partial charge in [-0.3, -0.25) is 0 Å². The number of aliphatic hydroxyl groups is 1. The van der Waals surface area contributed by atoms with Crippen LogP contribution in [0.1, 0.15) is 12.0 Å². The van der Waals surface area contributed by atoms with E-state index in [1.54, 1.807) is 17.8 Å². The van der Waals surface area contributed by atoms with Crippen LogP contribution >= 0.6 is 11.8 Å². The number of aliphatic hydroxyl groups excluding tert-OH is 1. The second kappa shape index (κ2) is 8.07. The van der Waals surface area contributed by atoms with Gasteiger partial charge in [-0.05, 0) is 18.2 Å². The number of phenols is 3. The highest BCUT2D eigenvalue weighted by molar-refractivity contribution is 7.99. The van der Waals surface area contributed by atoms with Crippen molar-refractivity contribution in [2.24, 2.45) is 0 Å². The molecule has 0 spiro atoms. The van der Waals surface area contributed by atoms with E-state index in [2.05, 4.69) is 5.32 Å². The summed E-state index contributed by atoms with van der Waals surface area (Å²) in [5, 5.41) is 39.8. The van der Waals surface area contributed by atoms with Crippen molar-refractivity contribution in [2.45, 2.75) is 13.0 Å². The van der Waals surface area contributed by atoms with Crippen LogP contribution in [0.4, 0.5) is 0 Å². The molecule has 0 bridgehead atoms. The Morgan fingerprint density at radius 1 is 1.06 bits per heavy atom. The van der Waals surface area contributed by atoms with Gasteiger partial charge in [-0.15, -0.1) is 0 Å². The van der Waals surface area contributed by atoms with Crippen LogP contribution in [0.3, 0.4) is 0 Å². The summed E-state index contributed by atoms with van der Waals surface area (Å²) < 4.78 is 0. The molecule has 1 rings (SSSR count). The zero-order chi connectivity index (χ0) is 13.4. The Bertz CT molecular complexity index is 373. The van der Waals surface area contributed by atoms with E-state index >= 15 is 0 Å². The number of hydrogen-bond acceptors (Lipinski definition) is 6. The topological polar surface area (TPSA) is 93.0 Å². The fraction of sp³-hybridized carbons (Fsp3) is 0.500. The molecule has 0 aliphatic carbocycles. The third-order valence-electron chi connectivity index (χ3n) is 2.40. The number of nitrogens with one attached hydrogen (secondary N) is 1. The molecule has 6 heteroatoms. The summed E-state index contributed by atoms with van der Waals surface area (Å²) in [6, 6.07) is 2.92. The Morgan fingerprint density at radius 3 is 2.56 bits per heavy atom. The van der Waals surface area contributed by atoms with Crippen LogP contribution in [-0.2, 0) is 6.54 Å². The predicted molar refractivity (Wildman–Crippen MR) is 72.2 cm³/mol. The van der Waals surface area contributed by atoms with Crippen LogP contribution < -0.4 is 5.32 Å². The smallest absolute Gasteiger partial charge is 0.200 e. The fourth-order valence-corrected chi connectivity index (χ4v) is 2.22. The van der Waals surface area contributed by atoms with Gasteiger partial charge >= 0.3 is 0 Å². The van der Waals surface area contributed by atoms with Gasteiger partial charge in [0.15, 0.2) is 11.5 Å². The number of aromatic hydroxyl groups is 3. The van der Waals surface area contributed by atoms with Crippen molar-refractivity contribution in [3.05, 3.63) is 17.7 Å². The molecular formula is C12H19NO4S. The average molecular weight is 273 g/mol. The molecule has 0 amide bonds. The molecule has 0 atom stereocenters. The highest BCUT2D eigenvalue weighted by atomic mass is 32.2. The lowest BCUT2D eigenvalue weighted by atomic mass is 10.1. The molecular weight excluding hydrogens is 254 g/mol. The highest BCUT2D eigenvalue weighted by Crippen LogP contribution is 2.36. The van der Waals surface area contributed by atoms with Crippen molar-refractivity contribution in [3.8, 4) is 17.2 Å². The second-order valence-corrected chi connectivity index (χ2v) is 5.03. The molecule has 18 heavy (non-hydrogen) atoms. The van der Waals surface area contributed by atoms with E-state index in [4.69, 9.17) is 10.2 Å². The van der Waals surface area contributed by atoms with Crippen LogP contribution in [0.2, 0.25) is 0 Å². The molecule has 0 heterocycles. The van der Waals surface area contributed by atoms with E-state index in [1.807, 2.05) is 0 Å². The maximum atomic E-state index is 9.57. The molecule has 0 aliphatic rings. The summed E-state index contributed by atoms with van der Waals surface area (Å²) in [5.74, 6) is 0.770. The van der Waals surface area contributed by atoms with Gasteiger partial charge in [0.25, 0.3) is 0 Å². The van der Waals surface area contributed by atoms with Crippen LogP contribution in [0.25, 0.3) is 0 Å². The van der Waals surface area contributed by atoms with Crippen molar-refractivity contribution in [1.29, 1.82) is 0 Å². The lowest BCUT2D eigenvalue weighted by Crippen LogP contribution is -2.16. The van der Waals surface area contributed by atoms with Gasteiger partial charge < -0.3 is 25.7 Å². The second-order valence-electron chi connectivity index (χ2n) is 3.81. The Morgan fingerprint density at radius 2 is 1.83 bits per heavy atom. The number of rotatable bonds is 8. The van der Waals surface area contributed by atoms with Gasteiger partial charge in [0.1, 0.15) is 0 Å². The average Bonchev–Trinajstić information content (AvgIpc) is 2.37. The molecule has 0 saturated carbocycles. The number of phenolic OH excluding ortho intramolecular Hbond substituents is 3. The van der Waals surface area contributed by atoms with E-state index in [0.717, 1.165) is 24.5 Å². The largest absolute Gasteiger partial charge is 0.504 e.